The van der Waals surface area contributed by atoms with Crippen molar-refractivity contribution in [1.82, 2.24) is 4.90 Å². The number of carbonyl (C=O) groups excluding carboxylic acids is 1. The number of hydrogen-bond acceptors (Lipinski definition) is 3. The molecule has 1 heterocycles. The minimum Gasteiger partial charge on any atom is -0.340 e. The van der Waals surface area contributed by atoms with Gasteiger partial charge in [-0.25, -0.2) is 0 Å². The van der Waals surface area contributed by atoms with Crippen molar-refractivity contribution in [2.24, 2.45) is 11.1 Å². The first-order chi connectivity index (χ1) is 7.54. The molecule has 0 bridgehead atoms. The summed E-state index contributed by atoms with van der Waals surface area (Å²) in [5.74, 6) is 1.42. The first-order valence-electron chi connectivity index (χ1n) is 5.94. The van der Waals surface area contributed by atoms with Crippen LogP contribution in [0.25, 0.3) is 0 Å². The predicted octanol–water partition coefficient (Wildman–Crippen LogP) is 0.0948. The van der Waals surface area contributed by atoms with Gasteiger partial charge in [-0.1, -0.05) is 6.42 Å². The van der Waals surface area contributed by atoms with E-state index in [2.05, 4.69) is 0 Å². The highest BCUT2D eigenvalue weighted by molar-refractivity contribution is 7.85. The van der Waals surface area contributed by atoms with Crippen molar-refractivity contribution in [3.63, 3.8) is 0 Å². The maximum Gasteiger partial charge on any atom is 0.230 e. The van der Waals surface area contributed by atoms with Gasteiger partial charge >= 0.3 is 0 Å². The zero-order chi connectivity index (χ0) is 11.8. The van der Waals surface area contributed by atoms with Crippen LogP contribution in [-0.4, -0.2) is 45.7 Å². The van der Waals surface area contributed by atoms with Gasteiger partial charge in [0.15, 0.2) is 0 Å². The molecule has 0 aromatic heterocycles. The minimum absolute atomic E-state index is 0.00701. The molecule has 2 fully saturated rings. The fourth-order valence-electron chi connectivity index (χ4n) is 2.66. The third kappa shape index (κ3) is 2.02. The SMILES string of the molecule is CC1(C(=O)N2CCS(=O)CC2)CCCC1N. The second kappa shape index (κ2) is 4.45. The number of nitrogens with zero attached hydrogens (tertiary/aromatic N) is 1. The van der Waals surface area contributed by atoms with Crippen LogP contribution in [0.15, 0.2) is 0 Å². The summed E-state index contributed by atoms with van der Waals surface area (Å²) in [7, 11) is -0.726. The van der Waals surface area contributed by atoms with Crippen molar-refractivity contribution in [1.29, 1.82) is 0 Å². The number of nitrogens with two attached hydrogens (primary N) is 1. The van der Waals surface area contributed by atoms with Crippen LogP contribution in [0.2, 0.25) is 0 Å². The van der Waals surface area contributed by atoms with Gasteiger partial charge < -0.3 is 10.6 Å². The highest BCUT2D eigenvalue weighted by Crippen LogP contribution is 2.38. The largest absolute Gasteiger partial charge is 0.340 e. The van der Waals surface area contributed by atoms with Crippen LogP contribution in [0.5, 0.6) is 0 Å². The molecule has 0 radical (unpaired) electrons. The fourth-order valence-corrected chi connectivity index (χ4v) is 3.71. The highest BCUT2D eigenvalue weighted by atomic mass is 32.2. The van der Waals surface area contributed by atoms with Crippen molar-refractivity contribution in [2.75, 3.05) is 24.6 Å². The Bertz CT molecular complexity index is 311. The van der Waals surface area contributed by atoms with Gasteiger partial charge in [0.25, 0.3) is 0 Å². The predicted molar refractivity (Wildman–Crippen MR) is 64.4 cm³/mol. The first-order valence-corrected chi connectivity index (χ1v) is 7.43. The molecule has 1 aliphatic heterocycles. The topological polar surface area (TPSA) is 63.4 Å². The quantitative estimate of drug-likeness (QED) is 0.711. The van der Waals surface area contributed by atoms with E-state index in [1.807, 2.05) is 11.8 Å². The van der Waals surface area contributed by atoms with Gasteiger partial charge in [0.1, 0.15) is 0 Å². The molecule has 92 valence electrons. The summed E-state index contributed by atoms with van der Waals surface area (Å²) in [5.41, 5.74) is 5.66. The van der Waals surface area contributed by atoms with Gasteiger partial charge in [-0.15, -0.1) is 0 Å². The van der Waals surface area contributed by atoms with E-state index < -0.39 is 10.8 Å². The Balaban J connectivity index is 2.04. The summed E-state index contributed by atoms with van der Waals surface area (Å²) in [5, 5.41) is 0. The second-order valence-corrected chi connectivity index (χ2v) is 6.75. The lowest BCUT2D eigenvalue weighted by molar-refractivity contribution is -0.141. The van der Waals surface area contributed by atoms with Gasteiger partial charge in [0.2, 0.25) is 5.91 Å². The Hall–Kier alpha value is -0.420. The summed E-state index contributed by atoms with van der Waals surface area (Å²) in [6.45, 7) is 3.25. The zero-order valence-corrected chi connectivity index (χ0v) is 10.6. The lowest BCUT2D eigenvalue weighted by Crippen LogP contribution is -2.52. The second-order valence-electron chi connectivity index (χ2n) is 5.06. The summed E-state index contributed by atoms with van der Waals surface area (Å²) in [6, 6.07) is -0.00701. The number of rotatable bonds is 1. The molecule has 1 saturated heterocycles. The molecule has 4 nitrogen and oxygen atoms in total. The number of amides is 1. The van der Waals surface area contributed by atoms with Crippen molar-refractivity contribution < 1.29 is 9.00 Å². The van der Waals surface area contributed by atoms with Crippen molar-refractivity contribution in [2.45, 2.75) is 32.2 Å². The molecule has 0 aromatic rings. The maximum absolute atomic E-state index is 12.4. The molecular formula is C11H20N2O2S. The van der Waals surface area contributed by atoms with Gasteiger partial charge in [0, 0.05) is 41.4 Å². The average molecular weight is 244 g/mol. The third-order valence-electron chi connectivity index (χ3n) is 3.98. The summed E-state index contributed by atoms with van der Waals surface area (Å²) in [6.07, 6.45) is 2.89. The van der Waals surface area contributed by atoms with E-state index in [9.17, 15) is 9.00 Å². The Kier molecular flexibility index (Phi) is 3.35. The monoisotopic (exact) mass is 244 g/mol. The van der Waals surface area contributed by atoms with Crippen molar-refractivity contribution in [3.8, 4) is 0 Å². The maximum atomic E-state index is 12.4. The summed E-state index contributed by atoms with van der Waals surface area (Å²) in [4.78, 5) is 14.2. The van der Waals surface area contributed by atoms with Crippen LogP contribution >= 0.6 is 0 Å². The molecule has 0 spiro atoms. The molecule has 5 heteroatoms. The van der Waals surface area contributed by atoms with E-state index in [-0.39, 0.29) is 17.4 Å². The molecular weight excluding hydrogens is 224 g/mol. The van der Waals surface area contributed by atoms with Gasteiger partial charge in [-0.2, -0.15) is 0 Å². The molecule has 2 rings (SSSR count). The van der Waals surface area contributed by atoms with Crippen molar-refractivity contribution >= 4 is 16.7 Å². The molecule has 1 amide bonds. The van der Waals surface area contributed by atoms with Crippen LogP contribution in [-0.2, 0) is 15.6 Å². The normalized spacial score (nSPS) is 36.6. The van der Waals surface area contributed by atoms with Gasteiger partial charge in [0.05, 0.1) is 5.41 Å². The van der Waals surface area contributed by atoms with E-state index >= 15 is 0 Å². The van der Waals surface area contributed by atoms with E-state index in [0.29, 0.717) is 24.6 Å². The Morgan fingerprint density at radius 3 is 2.56 bits per heavy atom. The molecule has 16 heavy (non-hydrogen) atoms. The Morgan fingerprint density at radius 2 is 2.06 bits per heavy atom. The zero-order valence-electron chi connectivity index (χ0n) is 9.78. The first kappa shape index (κ1) is 12.0. The molecule has 2 N–H and O–H groups in total. The molecule has 2 unspecified atom stereocenters. The fraction of sp³-hybridized carbons (Fsp3) is 0.909. The van der Waals surface area contributed by atoms with E-state index in [1.54, 1.807) is 0 Å². The molecule has 1 saturated carbocycles. The number of carbonyl (C=O) groups is 1. The molecule has 2 aliphatic rings. The summed E-state index contributed by atoms with van der Waals surface area (Å²) >= 11 is 0. The van der Waals surface area contributed by atoms with Gasteiger partial charge in [-0.3, -0.25) is 9.00 Å². The van der Waals surface area contributed by atoms with E-state index in [0.717, 1.165) is 19.3 Å². The van der Waals surface area contributed by atoms with E-state index in [1.165, 1.54) is 0 Å². The number of hydrogen-bond donors (Lipinski definition) is 1. The minimum atomic E-state index is -0.726. The van der Waals surface area contributed by atoms with Crippen LogP contribution in [0, 0.1) is 5.41 Å². The standard InChI is InChI=1S/C11H20N2O2S/c1-11(4-2-3-9(11)12)10(14)13-5-7-16(15)8-6-13/h9H,2-8,12H2,1H3. The lowest BCUT2D eigenvalue weighted by atomic mass is 9.83. The van der Waals surface area contributed by atoms with Crippen molar-refractivity contribution in [3.05, 3.63) is 0 Å². The van der Waals surface area contributed by atoms with Crippen LogP contribution in [0.4, 0.5) is 0 Å². The van der Waals surface area contributed by atoms with E-state index in [4.69, 9.17) is 5.73 Å². The van der Waals surface area contributed by atoms with Crippen LogP contribution < -0.4 is 5.73 Å². The highest BCUT2D eigenvalue weighted by Gasteiger charge is 2.45. The molecule has 1 aliphatic carbocycles. The summed E-state index contributed by atoms with van der Waals surface area (Å²) < 4.78 is 11.2. The van der Waals surface area contributed by atoms with Crippen LogP contribution in [0.3, 0.4) is 0 Å². The lowest BCUT2D eigenvalue weighted by Gasteiger charge is -2.36. The van der Waals surface area contributed by atoms with Gasteiger partial charge in [-0.05, 0) is 19.8 Å². The third-order valence-corrected chi connectivity index (χ3v) is 5.26. The Labute approximate surface area is 99.0 Å². The average Bonchev–Trinajstić information content (AvgIpc) is 2.61. The smallest absolute Gasteiger partial charge is 0.230 e. The molecule has 2 atom stereocenters. The van der Waals surface area contributed by atoms with Crippen LogP contribution in [0.1, 0.15) is 26.2 Å². The molecule has 0 aromatic carbocycles. The Morgan fingerprint density at radius 1 is 1.44 bits per heavy atom.